The molecule has 3 aromatic heterocycles. The number of nitrogens with one attached hydrogen (secondary N) is 1. The molecule has 0 unspecified atom stereocenters. The molecule has 212 valence electrons. The number of carbonyl (C=O) groups is 1. The van der Waals surface area contributed by atoms with Gasteiger partial charge in [-0.15, -0.1) is 0 Å². The summed E-state index contributed by atoms with van der Waals surface area (Å²) in [6.07, 6.45) is 17.0. The minimum atomic E-state index is -0.0623. The predicted molar refractivity (Wildman–Crippen MR) is 164 cm³/mol. The maximum atomic E-state index is 10.4. The van der Waals surface area contributed by atoms with Gasteiger partial charge in [0.1, 0.15) is 11.4 Å². The van der Waals surface area contributed by atoms with Crippen LogP contribution < -0.4 is 10.1 Å². The van der Waals surface area contributed by atoms with Crippen LogP contribution in [0.3, 0.4) is 0 Å². The van der Waals surface area contributed by atoms with Crippen LogP contribution in [0.2, 0.25) is 0 Å². The summed E-state index contributed by atoms with van der Waals surface area (Å²) < 4.78 is 6.21. The lowest BCUT2D eigenvalue weighted by molar-refractivity contribution is 0.111. The molecule has 2 fully saturated rings. The molecule has 10 heteroatoms. The molecular weight excluding hydrogens is 553 g/mol. The highest BCUT2D eigenvalue weighted by molar-refractivity contribution is 7.98. The number of benzene rings is 1. The summed E-state index contributed by atoms with van der Waals surface area (Å²) >= 11 is 3.00. The number of hydrogen-bond donors (Lipinski definition) is 1. The molecule has 6 rings (SSSR count). The molecule has 2 saturated carbocycles. The third-order valence-corrected chi connectivity index (χ3v) is 8.32. The Morgan fingerprint density at radius 3 is 2.34 bits per heavy atom. The molecule has 4 aromatic rings. The molecule has 0 bridgehead atoms. The summed E-state index contributed by atoms with van der Waals surface area (Å²) in [5.41, 5.74) is 7.01. The van der Waals surface area contributed by atoms with Gasteiger partial charge in [0.15, 0.2) is 16.6 Å². The first-order valence-corrected chi connectivity index (χ1v) is 16.1. The van der Waals surface area contributed by atoms with Crippen LogP contribution in [-0.4, -0.2) is 49.8 Å². The zero-order valence-corrected chi connectivity index (χ0v) is 25.4. The zero-order valence-electron chi connectivity index (χ0n) is 23.8. The molecule has 0 radical (unpaired) electrons. The third kappa shape index (κ3) is 7.12. The van der Waals surface area contributed by atoms with Gasteiger partial charge in [0.05, 0.1) is 11.8 Å². The molecule has 0 amide bonds. The van der Waals surface area contributed by atoms with Crippen molar-refractivity contribution >= 4 is 29.8 Å². The quantitative estimate of drug-likeness (QED) is 0.131. The summed E-state index contributed by atoms with van der Waals surface area (Å²) in [6, 6.07) is 10.5. The predicted octanol–water partition coefficient (Wildman–Crippen LogP) is 6.21. The number of ether oxygens (including phenoxy) is 1. The number of hydrogen-bond acceptors (Lipinski definition) is 10. The maximum Gasteiger partial charge on any atom is 0.187 e. The molecule has 3 heterocycles. The largest absolute Gasteiger partial charge is 0.490 e. The van der Waals surface area contributed by atoms with E-state index in [1.165, 1.54) is 22.9 Å². The number of aryl methyl sites for hydroxylation is 2. The fourth-order valence-corrected chi connectivity index (χ4v) is 5.19. The van der Waals surface area contributed by atoms with E-state index in [2.05, 4.69) is 62.5 Å². The second-order valence-electron chi connectivity index (χ2n) is 10.2. The van der Waals surface area contributed by atoms with Crippen molar-refractivity contribution in [3.8, 4) is 16.9 Å². The molecular formula is C31H34N6O2S2. The van der Waals surface area contributed by atoms with Crippen molar-refractivity contribution in [1.82, 2.24) is 30.2 Å². The lowest BCUT2D eigenvalue weighted by Crippen LogP contribution is -2.30. The third-order valence-electron chi connectivity index (χ3n) is 7.20. The Bertz CT molecular complexity index is 1520. The number of thioether (sulfide) groups is 2. The molecule has 0 spiro atoms. The van der Waals surface area contributed by atoms with Crippen molar-refractivity contribution in [3.05, 3.63) is 83.2 Å². The van der Waals surface area contributed by atoms with Crippen molar-refractivity contribution in [2.75, 3.05) is 12.5 Å². The van der Waals surface area contributed by atoms with Gasteiger partial charge in [-0.05, 0) is 86.4 Å². The number of pyridine rings is 1. The van der Waals surface area contributed by atoms with Crippen molar-refractivity contribution in [2.24, 2.45) is 0 Å². The van der Waals surface area contributed by atoms with Crippen LogP contribution in [0.15, 0.2) is 65.4 Å². The lowest BCUT2D eigenvalue weighted by atomic mass is 9.94. The van der Waals surface area contributed by atoms with Crippen LogP contribution in [0.1, 0.15) is 58.6 Å². The highest BCUT2D eigenvalue weighted by Gasteiger charge is 2.46. The number of rotatable bonds is 10. The van der Waals surface area contributed by atoms with Crippen LogP contribution in [0.25, 0.3) is 11.1 Å². The van der Waals surface area contributed by atoms with Gasteiger partial charge in [-0.2, -0.15) is 0 Å². The van der Waals surface area contributed by atoms with Crippen LogP contribution >= 0.6 is 23.5 Å². The summed E-state index contributed by atoms with van der Waals surface area (Å²) in [7, 11) is 0. The standard InChI is InChI=1S/C24H26N4OS.C7H8N2OS/c1-16-13-26-23(30-2)28-21(16)15-27-24(10-11-24)20-14-25-12-9-18(20)19-5-3-4-6-22(19)29-17-7-8-17;1-5-3-8-7(11-2)9-6(5)4-10/h3-6,9,12-14,17,27H,7-8,10-11,15H2,1-2H3;3-4H,1-2H3. The highest BCUT2D eigenvalue weighted by Crippen LogP contribution is 2.50. The summed E-state index contributed by atoms with van der Waals surface area (Å²) in [5, 5.41) is 5.25. The van der Waals surface area contributed by atoms with E-state index in [1.54, 1.807) is 18.0 Å². The second kappa shape index (κ2) is 13.1. The average Bonchev–Trinajstić information content (AvgIpc) is 3.95. The Labute approximate surface area is 249 Å². The van der Waals surface area contributed by atoms with Gasteiger partial charge in [-0.1, -0.05) is 41.7 Å². The van der Waals surface area contributed by atoms with E-state index in [9.17, 15) is 4.79 Å². The van der Waals surface area contributed by atoms with E-state index in [0.29, 0.717) is 17.0 Å². The summed E-state index contributed by atoms with van der Waals surface area (Å²) in [6.45, 7) is 4.60. The minimum absolute atomic E-state index is 0.0623. The van der Waals surface area contributed by atoms with Crippen LogP contribution in [-0.2, 0) is 12.1 Å². The number of aldehydes is 1. The van der Waals surface area contributed by atoms with Crippen LogP contribution in [0.4, 0.5) is 0 Å². The highest BCUT2D eigenvalue weighted by atomic mass is 32.2. The number of carbonyl (C=O) groups excluding carboxylic acids is 1. The van der Waals surface area contributed by atoms with Gasteiger partial charge < -0.3 is 10.1 Å². The SMILES string of the molecule is CSc1ncc(C)c(C=O)n1.CSc1ncc(C)c(CNC2(c3cnccc3-c3ccccc3OC3CC3)CC2)n1. The van der Waals surface area contributed by atoms with Gasteiger partial charge in [0, 0.05) is 42.4 Å². The Balaban J connectivity index is 0.000000259. The van der Waals surface area contributed by atoms with E-state index in [4.69, 9.17) is 9.72 Å². The smallest absolute Gasteiger partial charge is 0.187 e. The molecule has 2 aliphatic rings. The van der Waals surface area contributed by atoms with E-state index in [0.717, 1.165) is 71.8 Å². The first-order chi connectivity index (χ1) is 20.0. The average molecular weight is 587 g/mol. The molecule has 1 aromatic carbocycles. The lowest BCUT2D eigenvalue weighted by Gasteiger charge is -2.22. The Kier molecular flexibility index (Phi) is 9.32. The van der Waals surface area contributed by atoms with E-state index < -0.39 is 0 Å². The molecule has 0 atom stereocenters. The minimum Gasteiger partial charge on any atom is -0.490 e. The summed E-state index contributed by atoms with van der Waals surface area (Å²) in [5.74, 6) is 0.972. The van der Waals surface area contributed by atoms with Gasteiger partial charge in [-0.3, -0.25) is 9.78 Å². The molecule has 8 nitrogen and oxygen atoms in total. The van der Waals surface area contributed by atoms with Crippen molar-refractivity contribution in [1.29, 1.82) is 0 Å². The van der Waals surface area contributed by atoms with Crippen LogP contribution in [0.5, 0.6) is 5.75 Å². The maximum absolute atomic E-state index is 10.4. The van der Waals surface area contributed by atoms with E-state index in [1.807, 2.05) is 38.0 Å². The normalized spacial score (nSPS) is 15.0. The molecule has 0 aliphatic heterocycles. The van der Waals surface area contributed by atoms with Gasteiger partial charge in [0.2, 0.25) is 0 Å². The van der Waals surface area contributed by atoms with Gasteiger partial charge in [-0.25, -0.2) is 19.9 Å². The Morgan fingerprint density at radius 1 is 0.951 bits per heavy atom. The Morgan fingerprint density at radius 2 is 1.66 bits per heavy atom. The molecule has 1 N–H and O–H groups in total. The monoisotopic (exact) mass is 586 g/mol. The van der Waals surface area contributed by atoms with E-state index in [-0.39, 0.29) is 5.54 Å². The second-order valence-corrected chi connectivity index (χ2v) is 11.7. The Hall–Kier alpha value is -3.34. The molecule has 41 heavy (non-hydrogen) atoms. The molecule has 0 saturated heterocycles. The van der Waals surface area contributed by atoms with Crippen molar-refractivity contribution in [2.45, 2.75) is 68.0 Å². The first kappa shape index (κ1) is 29.2. The fraction of sp³-hybridized carbons (Fsp3) is 0.355. The summed E-state index contributed by atoms with van der Waals surface area (Å²) in [4.78, 5) is 31.9. The van der Waals surface area contributed by atoms with Crippen LogP contribution in [0, 0.1) is 13.8 Å². The number of nitrogens with zero attached hydrogens (tertiary/aromatic N) is 5. The number of aromatic nitrogens is 5. The fourth-order valence-electron chi connectivity index (χ4n) is 4.48. The van der Waals surface area contributed by atoms with Crippen molar-refractivity contribution in [3.63, 3.8) is 0 Å². The number of para-hydroxylation sites is 1. The molecule has 2 aliphatic carbocycles. The first-order valence-electron chi connectivity index (χ1n) is 13.6. The van der Waals surface area contributed by atoms with E-state index >= 15 is 0 Å². The van der Waals surface area contributed by atoms with Crippen molar-refractivity contribution < 1.29 is 9.53 Å². The van der Waals surface area contributed by atoms with Gasteiger partial charge in [0.25, 0.3) is 0 Å². The topological polar surface area (TPSA) is 103 Å². The van der Waals surface area contributed by atoms with Gasteiger partial charge >= 0.3 is 0 Å². The zero-order chi connectivity index (χ0) is 28.8.